The molecule has 0 aliphatic carbocycles. The van der Waals surface area contributed by atoms with Crippen molar-refractivity contribution in [1.82, 2.24) is 4.90 Å². The van der Waals surface area contributed by atoms with Crippen LogP contribution >= 0.6 is 0 Å². The second-order valence-corrected chi connectivity index (χ2v) is 8.39. The fourth-order valence-electron chi connectivity index (χ4n) is 3.33. The Kier molecular flexibility index (Phi) is 6.22. The molecule has 1 saturated heterocycles. The maximum absolute atomic E-state index is 12.5. The first-order valence-electron chi connectivity index (χ1n) is 9.06. The van der Waals surface area contributed by atoms with Gasteiger partial charge in [0.05, 0.1) is 6.42 Å². The van der Waals surface area contributed by atoms with Gasteiger partial charge in [-0.3, -0.25) is 9.59 Å². The zero-order chi connectivity index (χ0) is 18.6. The maximum atomic E-state index is 12.5. The highest BCUT2D eigenvalue weighted by Crippen LogP contribution is 2.23. The van der Waals surface area contributed by atoms with E-state index in [0.29, 0.717) is 25.3 Å². The van der Waals surface area contributed by atoms with Crippen LogP contribution < -0.4 is 11.1 Å². The molecule has 1 fully saturated rings. The van der Waals surface area contributed by atoms with Gasteiger partial charge in [0.25, 0.3) is 0 Å². The van der Waals surface area contributed by atoms with Crippen molar-refractivity contribution < 1.29 is 9.59 Å². The van der Waals surface area contributed by atoms with Crippen molar-refractivity contribution >= 4 is 17.5 Å². The Balaban J connectivity index is 1.90. The summed E-state index contributed by atoms with van der Waals surface area (Å²) in [6.45, 7) is 9.59. The molecule has 1 aliphatic heterocycles. The minimum Gasteiger partial charge on any atom is -0.339 e. The van der Waals surface area contributed by atoms with Gasteiger partial charge in [0.2, 0.25) is 11.8 Å². The highest BCUT2D eigenvalue weighted by atomic mass is 16.2. The lowest BCUT2D eigenvalue weighted by atomic mass is 9.92. The van der Waals surface area contributed by atoms with E-state index >= 15 is 0 Å². The number of carbonyl (C=O) groups is 2. The third kappa shape index (κ3) is 5.85. The van der Waals surface area contributed by atoms with Gasteiger partial charge in [-0.2, -0.15) is 0 Å². The zero-order valence-corrected chi connectivity index (χ0v) is 15.8. The molecule has 25 heavy (non-hydrogen) atoms. The summed E-state index contributed by atoms with van der Waals surface area (Å²) in [5.74, 6) is 0.572. The van der Waals surface area contributed by atoms with Crippen LogP contribution in [-0.2, 0) is 16.0 Å². The summed E-state index contributed by atoms with van der Waals surface area (Å²) in [5.41, 5.74) is 7.42. The lowest BCUT2D eigenvalue weighted by molar-refractivity contribution is -0.131. The molecule has 0 saturated carbocycles. The average Bonchev–Trinajstić information content (AvgIpc) is 2.88. The van der Waals surface area contributed by atoms with Crippen LogP contribution in [0.3, 0.4) is 0 Å². The van der Waals surface area contributed by atoms with E-state index < -0.39 is 0 Å². The van der Waals surface area contributed by atoms with Crippen LogP contribution in [-0.4, -0.2) is 35.8 Å². The Hall–Kier alpha value is -1.88. The zero-order valence-electron chi connectivity index (χ0n) is 15.8. The maximum Gasteiger partial charge on any atom is 0.227 e. The monoisotopic (exact) mass is 345 g/mol. The highest BCUT2D eigenvalue weighted by Gasteiger charge is 2.31. The Bertz CT molecular complexity index is 604. The summed E-state index contributed by atoms with van der Waals surface area (Å²) in [5, 5.41) is 2.91. The van der Waals surface area contributed by atoms with Gasteiger partial charge < -0.3 is 16.0 Å². The van der Waals surface area contributed by atoms with Crippen LogP contribution in [0.2, 0.25) is 0 Å². The van der Waals surface area contributed by atoms with E-state index in [0.717, 1.165) is 24.2 Å². The van der Waals surface area contributed by atoms with Gasteiger partial charge in [-0.15, -0.1) is 0 Å². The van der Waals surface area contributed by atoms with Crippen LogP contribution in [0.5, 0.6) is 0 Å². The quantitative estimate of drug-likeness (QED) is 0.861. The van der Waals surface area contributed by atoms with Gasteiger partial charge >= 0.3 is 0 Å². The number of nitrogens with one attached hydrogen (secondary N) is 1. The smallest absolute Gasteiger partial charge is 0.227 e. The van der Waals surface area contributed by atoms with Crippen molar-refractivity contribution in [2.75, 3.05) is 18.4 Å². The first-order valence-corrected chi connectivity index (χ1v) is 9.06. The first-order chi connectivity index (χ1) is 11.7. The Morgan fingerprint density at radius 1 is 1.24 bits per heavy atom. The molecule has 1 aromatic rings. The van der Waals surface area contributed by atoms with E-state index in [-0.39, 0.29) is 23.3 Å². The molecule has 0 aromatic heterocycles. The minimum atomic E-state index is -0.0374. The van der Waals surface area contributed by atoms with Crippen LogP contribution in [0.4, 0.5) is 5.69 Å². The molecule has 2 rings (SSSR count). The topological polar surface area (TPSA) is 75.4 Å². The highest BCUT2D eigenvalue weighted by molar-refractivity contribution is 5.91. The molecule has 0 radical (unpaired) electrons. The molecule has 5 heteroatoms. The number of benzene rings is 1. The van der Waals surface area contributed by atoms with E-state index in [1.54, 1.807) is 0 Å². The molecule has 138 valence electrons. The van der Waals surface area contributed by atoms with Crippen LogP contribution in [0, 0.1) is 11.3 Å². The summed E-state index contributed by atoms with van der Waals surface area (Å²) in [4.78, 5) is 26.4. The molecule has 0 bridgehead atoms. The summed E-state index contributed by atoms with van der Waals surface area (Å²) in [7, 11) is 0. The standard InChI is InChI=1S/C20H31N3O2/c1-14-9-16(12-21)13-23(14)19(25)10-15-5-7-17(8-6-15)22-18(24)11-20(2,3)4/h5-8,14,16H,9-13,21H2,1-4H3,(H,22,24). The van der Waals surface area contributed by atoms with Crippen molar-refractivity contribution in [3.8, 4) is 0 Å². The second kappa shape index (κ2) is 8.00. The van der Waals surface area contributed by atoms with Gasteiger partial charge in [-0.1, -0.05) is 32.9 Å². The van der Waals surface area contributed by atoms with Crippen LogP contribution in [0.15, 0.2) is 24.3 Å². The normalized spacial score (nSPS) is 20.6. The number of carbonyl (C=O) groups excluding carboxylic acids is 2. The van der Waals surface area contributed by atoms with Crippen LogP contribution in [0.1, 0.15) is 46.1 Å². The molecular formula is C20H31N3O2. The number of hydrogen-bond acceptors (Lipinski definition) is 3. The van der Waals surface area contributed by atoms with Crippen molar-refractivity contribution in [2.45, 2.75) is 53.0 Å². The van der Waals surface area contributed by atoms with Crippen LogP contribution in [0.25, 0.3) is 0 Å². The molecule has 1 aliphatic rings. The molecule has 2 amide bonds. The van der Waals surface area contributed by atoms with Gasteiger partial charge in [0, 0.05) is 24.7 Å². The SMILES string of the molecule is CC1CC(CN)CN1C(=O)Cc1ccc(NC(=O)CC(C)(C)C)cc1. The summed E-state index contributed by atoms with van der Waals surface area (Å²) >= 11 is 0. The fourth-order valence-corrected chi connectivity index (χ4v) is 3.33. The van der Waals surface area contributed by atoms with Crippen molar-refractivity contribution in [3.63, 3.8) is 0 Å². The number of rotatable bonds is 5. The van der Waals surface area contributed by atoms with Gasteiger partial charge in [0.15, 0.2) is 0 Å². The number of nitrogens with zero attached hydrogens (tertiary/aromatic N) is 1. The minimum absolute atomic E-state index is 0.00930. The van der Waals surface area contributed by atoms with Gasteiger partial charge in [0.1, 0.15) is 0 Å². The lowest BCUT2D eigenvalue weighted by Gasteiger charge is -2.21. The number of hydrogen-bond donors (Lipinski definition) is 2. The Morgan fingerprint density at radius 3 is 2.40 bits per heavy atom. The predicted molar refractivity (Wildman–Crippen MR) is 101 cm³/mol. The van der Waals surface area contributed by atoms with E-state index in [9.17, 15) is 9.59 Å². The molecule has 3 N–H and O–H groups in total. The fraction of sp³-hybridized carbons (Fsp3) is 0.600. The molecule has 1 heterocycles. The number of anilines is 1. The van der Waals surface area contributed by atoms with E-state index in [1.807, 2.05) is 49.9 Å². The molecule has 5 nitrogen and oxygen atoms in total. The summed E-state index contributed by atoms with van der Waals surface area (Å²) in [6.07, 6.45) is 1.85. The number of nitrogens with two attached hydrogens (primary N) is 1. The third-order valence-electron chi connectivity index (χ3n) is 4.60. The molecular weight excluding hydrogens is 314 g/mol. The second-order valence-electron chi connectivity index (χ2n) is 8.39. The number of likely N-dealkylation sites (tertiary alicyclic amines) is 1. The van der Waals surface area contributed by atoms with Crippen molar-refractivity contribution in [3.05, 3.63) is 29.8 Å². The van der Waals surface area contributed by atoms with Gasteiger partial charge in [-0.25, -0.2) is 0 Å². The molecule has 0 spiro atoms. The molecule has 2 atom stereocenters. The van der Waals surface area contributed by atoms with E-state index in [2.05, 4.69) is 12.2 Å². The van der Waals surface area contributed by atoms with E-state index in [4.69, 9.17) is 5.73 Å². The lowest BCUT2D eigenvalue weighted by Crippen LogP contribution is -2.35. The summed E-state index contributed by atoms with van der Waals surface area (Å²) in [6, 6.07) is 7.80. The van der Waals surface area contributed by atoms with E-state index in [1.165, 1.54) is 0 Å². The Labute approximate surface area is 151 Å². The molecule has 1 aromatic carbocycles. The first kappa shape index (κ1) is 19.4. The third-order valence-corrected chi connectivity index (χ3v) is 4.60. The predicted octanol–water partition coefficient (Wildman–Crippen LogP) is 2.80. The molecule has 2 unspecified atom stereocenters. The summed E-state index contributed by atoms with van der Waals surface area (Å²) < 4.78 is 0. The Morgan fingerprint density at radius 2 is 1.88 bits per heavy atom. The van der Waals surface area contributed by atoms with Crippen molar-refractivity contribution in [1.29, 1.82) is 0 Å². The van der Waals surface area contributed by atoms with Gasteiger partial charge in [-0.05, 0) is 48.9 Å². The largest absolute Gasteiger partial charge is 0.339 e. The number of amides is 2. The van der Waals surface area contributed by atoms with Crippen molar-refractivity contribution in [2.24, 2.45) is 17.1 Å². The average molecular weight is 345 g/mol.